The highest BCUT2D eigenvalue weighted by Crippen LogP contribution is 2.32. The summed E-state index contributed by atoms with van der Waals surface area (Å²) in [5.41, 5.74) is -0.542. The van der Waals surface area contributed by atoms with Crippen LogP contribution in [0.3, 0.4) is 0 Å². The molecular formula is C17H16N4O3. The van der Waals surface area contributed by atoms with Gasteiger partial charge in [-0.2, -0.15) is 4.98 Å². The van der Waals surface area contributed by atoms with Crippen molar-refractivity contribution >= 4 is 22.6 Å². The second-order valence-corrected chi connectivity index (χ2v) is 5.97. The van der Waals surface area contributed by atoms with Crippen molar-refractivity contribution < 1.29 is 9.21 Å². The van der Waals surface area contributed by atoms with Gasteiger partial charge in [0, 0.05) is 5.92 Å². The number of nitrogens with one attached hydrogen (secondary N) is 2. The number of aromatic amines is 1. The number of rotatable bonds is 3. The first-order chi connectivity index (χ1) is 11.7. The van der Waals surface area contributed by atoms with Gasteiger partial charge in [0.25, 0.3) is 5.91 Å². The predicted molar refractivity (Wildman–Crippen MR) is 88.0 cm³/mol. The minimum atomic E-state index is -0.546. The highest BCUT2D eigenvalue weighted by atomic mass is 16.4. The summed E-state index contributed by atoms with van der Waals surface area (Å²) < 4.78 is 5.10. The van der Waals surface area contributed by atoms with Gasteiger partial charge in [-0.15, -0.1) is 5.10 Å². The first-order valence-electron chi connectivity index (χ1n) is 7.97. The summed E-state index contributed by atoms with van der Waals surface area (Å²) in [5, 5.41) is 10.6. The third-order valence-electron chi connectivity index (χ3n) is 4.36. The summed E-state index contributed by atoms with van der Waals surface area (Å²) in [5.74, 6) is 0.753. The Morgan fingerprint density at radius 2 is 2.04 bits per heavy atom. The van der Waals surface area contributed by atoms with Crippen LogP contribution in [-0.4, -0.2) is 21.1 Å². The highest BCUT2D eigenvalue weighted by Gasteiger charge is 2.21. The Labute approximate surface area is 137 Å². The van der Waals surface area contributed by atoms with Gasteiger partial charge in [0.05, 0.1) is 5.39 Å². The van der Waals surface area contributed by atoms with Gasteiger partial charge in [-0.3, -0.25) is 15.2 Å². The maximum atomic E-state index is 12.3. The maximum Gasteiger partial charge on any atom is 0.344 e. The number of nitrogens with zero attached hydrogens (tertiary/aromatic N) is 2. The summed E-state index contributed by atoms with van der Waals surface area (Å²) in [7, 11) is 0. The zero-order chi connectivity index (χ0) is 16.5. The number of hydrogen-bond acceptors (Lipinski definition) is 5. The number of fused-ring (bicyclic) bond motifs is 1. The Morgan fingerprint density at radius 1 is 1.25 bits per heavy atom. The van der Waals surface area contributed by atoms with Crippen LogP contribution in [0.25, 0.3) is 10.8 Å². The van der Waals surface area contributed by atoms with Gasteiger partial charge >= 0.3 is 5.63 Å². The monoisotopic (exact) mass is 324 g/mol. The fraction of sp³-hybridized carbons (Fsp3) is 0.294. The number of aromatic nitrogens is 3. The highest BCUT2D eigenvalue weighted by molar-refractivity contribution is 6.02. The fourth-order valence-corrected chi connectivity index (χ4v) is 3.12. The van der Waals surface area contributed by atoms with E-state index in [1.54, 1.807) is 24.3 Å². The molecule has 0 saturated heterocycles. The molecule has 3 aromatic rings. The standard InChI is InChI=1S/C17H16N4O3/c22-15(13-9-11-7-3-4-8-12(11)16(23)24-13)19-17-18-14(20-21-17)10-5-1-2-6-10/h3-4,7-10H,1-2,5-6H2,(H2,18,19,20,21,22). The number of anilines is 1. The second-order valence-electron chi connectivity index (χ2n) is 5.97. The summed E-state index contributed by atoms with van der Waals surface area (Å²) in [4.78, 5) is 28.6. The van der Waals surface area contributed by atoms with Crippen LogP contribution < -0.4 is 10.9 Å². The fourth-order valence-electron chi connectivity index (χ4n) is 3.12. The lowest BCUT2D eigenvalue weighted by Gasteiger charge is -2.03. The molecular weight excluding hydrogens is 308 g/mol. The zero-order valence-corrected chi connectivity index (χ0v) is 12.9. The molecule has 122 valence electrons. The van der Waals surface area contributed by atoms with Crippen LogP contribution in [0.4, 0.5) is 5.95 Å². The number of hydrogen-bond donors (Lipinski definition) is 2. The molecule has 2 heterocycles. The SMILES string of the molecule is O=C(Nc1n[nH]c(C2CCCC2)n1)c1cc2ccccc2c(=O)o1. The molecule has 24 heavy (non-hydrogen) atoms. The smallest absolute Gasteiger partial charge is 0.344 e. The molecule has 0 aliphatic heterocycles. The van der Waals surface area contributed by atoms with Crippen molar-refractivity contribution in [2.45, 2.75) is 31.6 Å². The Hall–Kier alpha value is -2.96. The molecule has 1 amide bonds. The van der Waals surface area contributed by atoms with Crippen LogP contribution >= 0.6 is 0 Å². The van der Waals surface area contributed by atoms with Crippen LogP contribution in [-0.2, 0) is 0 Å². The molecule has 1 saturated carbocycles. The van der Waals surface area contributed by atoms with E-state index >= 15 is 0 Å². The normalized spacial score (nSPS) is 15.0. The van der Waals surface area contributed by atoms with E-state index in [4.69, 9.17) is 4.42 Å². The van der Waals surface area contributed by atoms with Crippen molar-refractivity contribution in [1.29, 1.82) is 0 Å². The zero-order valence-electron chi connectivity index (χ0n) is 12.9. The van der Waals surface area contributed by atoms with E-state index in [2.05, 4.69) is 20.5 Å². The molecule has 0 atom stereocenters. The minimum Gasteiger partial charge on any atom is -0.417 e. The number of carbonyl (C=O) groups is 1. The summed E-state index contributed by atoms with van der Waals surface area (Å²) in [6.45, 7) is 0. The molecule has 4 rings (SSSR count). The molecule has 0 radical (unpaired) electrons. The van der Waals surface area contributed by atoms with E-state index < -0.39 is 11.5 Å². The molecule has 1 aliphatic rings. The number of benzene rings is 1. The summed E-state index contributed by atoms with van der Waals surface area (Å²) >= 11 is 0. The van der Waals surface area contributed by atoms with Crippen LogP contribution in [0, 0.1) is 0 Å². The molecule has 7 heteroatoms. The van der Waals surface area contributed by atoms with E-state index in [0.717, 1.165) is 18.7 Å². The summed E-state index contributed by atoms with van der Waals surface area (Å²) in [6.07, 6.45) is 4.55. The van der Waals surface area contributed by atoms with Crippen LogP contribution in [0.1, 0.15) is 48.0 Å². The molecule has 0 spiro atoms. The Balaban J connectivity index is 1.57. The molecule has 1 aromatic carbocycles. The molecule has 1 aliphatic carbocycles. The van der Waals surface area contributed by atoms with E-state index in [-0.39, 0.29) is 11.7 Å². The molecule has 0 unspecified atom stereocenters. The molecule has 1 fully saturated rings. The average molecular weight is 324 g/mol. The third-order valence-corrected chi connectivity index (χ3v) is 4.36. The lowest BCUT2D eigenvalue weighted by molar-refractivity contribution is 0.0992. The third kappa shape index (κ3) is 2.68. The first kappa shape index (κ1) is 14.6. The Kier molecular flexibility index (Phi) is 3.60. The summed E-state index contributed by atoms with van der Waals surface area (Å²) in [6, 6.07) is 8.50. The second kappa shape index (κ2) is 5.92. The first-order valence-corrected chi connectivity index (χ1v) is 7.97. The van der Waals surface area contributed by atoms with E-state index in [0.29, 0.717) is 16.7 Å². The maximum absolute atomic E-state index is 12.3. The van der Waals surface area contributed by atoms with E-state index in [1.807, 2.05) is 0 Å². The largest absolute Gasteiger partial charge is 0.417 e. The lowest BCUT2D eigenvalue weighted by atomic mass is 10.1. The average Bonchev–Trinajstić information content (AvgIpc) is 3.26. The van der Waals surface area contributed by atoms with Crippen LogP contribution in [0.15, 0.2) is 39.5 Å². The van der Waals surface area contributed by atoms with Gasteiger partial charge < -0.3 is 4.42 Å². The molecule has 0 bridgehead atoms. The van der Waals surface area contributed by atoms with Crippen molar-refractivity contribution in [3.8, 4) is 0 Å². The number of H-pyrrole nitrogens is 1. The molecule has 2 N–H and O–H groups in total. The van der Waals surface area contributed by atoms with Gasteiger partial charge in [-0.05, 0) is 30.4 Å². The molecule has 7 nitrogen and oxygen atoms in total. The molecule has 2 aromatic heterocycles. The van der Waals surface area contributed by atoms with E-state index in [9.17, 15) is 9.59 Å². The Bertz CT molecular complexity index is 954. The predicted octanol–water partition coefficient (Wildman–Crippen LogP) is 2.82. The number of amides is 1. The van der Waals surface area contributed by atoms with Gasteiger partial charge in [0.2, 0.25) is 5.95 Å². The van der Waals surface area contributed by atoms with Crippen molar-refractivity contribution in [3.63, 3.8) is 0 Å². The lowest BCUT2D eigenvalue weighted by Crippen LogP contribution is -2.15. The van der Waals surface area contributed by atoms with Crippen LogP contribution in [0.2, 0.25) is 0 Å². The van der Waals surface area contributed by atoms with Gasteiger partial charge in [-0.25, -0.2) is 4.79 Å². The van der Waals surface area contributed by atoms with Crippen molar-refractivity contribution in [2.24, 2.45) is 0 Å². The van der Waals surface area contributed by atoms with Crippen molar-refractivity contribution in [1.82, 2.24) is 15.2 Å². The van der Waals surface area contributed by atoms with Crippen molar-refractivity contribution in [2.75, 3.05) is 5.32 Å². The van der Waals surface area contributed by atoms with Gasteiger partial charge in [-0.1, -0.05) is 31.0 Å². The number of carbonyl (C=O) groups excluding carboxylic acids is 1. The van der Waals surface area contributed by atoms with Crippen LogP contribution in [0.5, 0.6) is 0 Å². The van der Waals surface area contributed by atoms with Gasteiger partial charge in [0.15, 0.2) is 5.76 Å². The van der Waals surface area contributed by atoms with Crippen molar-refractivity contribution in [3.05, 3.63) is 52.3 Å². The topological polar surface area (TPSA) is 101 Å². The van der Waals surface area contributed by atoms with Gasteiger partial charge in [0.1, 0.15) is 5.82 Å². The minimum absolute atomic E-state index is 0.0640. The Morgan fingerprint density at radius 3 is 2.88 bits per heavy atom. The van der Waals surface area contributed by atoms with E-state index in [1.165, 1.54) is 18.9 Å². The quantitative estimate of drug-likeness (QED) is 0.771.